The molecule has 4 N–H and O–H groups in total. The minimum atomic E-state index is -3.84. The average Bonchev–Trinajstić information content (AvgIpc) is 3.18. The molecule has 3 aromatic rings. The molecule has 2 amide bonds. The predicted octanol–water partition coefficient (Wildman–Crippen LogP) is 2.37. The minimum Gasteiger partial charge on any atom is -0.343 e. The molecular weight excluding hydrogens is 482 g/mol. The summed E-state index contributed by atoms with van der Waals surface area (Å²) in [6.07, 6.45) is 0.121. The van der Waals surface area contributed by atoms with Crippen LogP contribution in [0.3, 0.4) is 0 Å². The van der Waals surface area contributed by atoms with Crippen LogP contribution >= 0.6 is 23.6 Å². The highest BCUT2D eigenvalue weighted by Gasteiger charge is 2.27. The second-order valence-corrected chi connectivity index (χ2v) is 10.7. The first-order chi connectivity index (χ1) is 15.7. The Labute approximate surface area is 200 Å². The van der Waals surface area contributed by atoms with E-state index in [-0.39, 0.29) is 17.3 Å². The van der Waals surface area contributed by atoms with E-state index in [2.05, 4.69) is 25.6 Å². The van der Waals surface area contributed by atoms with Gasteiger partial charge in [0.1, 0.15) is 12.1 Å². The van der Waals surface area contributed by atoms with Gasteiger partial charge in [-0.2, -0.15) is 0 Å². The summed E-state index contributed by atoms with van der Waals surface area (Å²) in [6, 6.07) is 15.7. The maximum atomic E-state index is 13.0. The Morgan fingerprint density at radius 1 is 1.03 bits per heavy atom. The number of amides is 2. The number of hydrogen-bond acceptors (Lipinski definition) is 7. The van der Waals surface area contributed by atoms with Gasteiger partial charge in [-0.25, -0.2) is 13.1 Å². The lowest BCUT2D eigenvalue weighted by atomic mass is 10.1. The van der Waals surface area contributed by atoms with Crippen molar-refractivity contribution in [1.82, 2.24) is 20.2 Å². The Bertz CT molecular complexity index is 1240. The molecule has 33 heavy (non-hydrogen) atoms. The van der Waals surface area contributed by atoms with Crippen molar-refractivity contribution in [3.63, 3.8) is 0 Å². The summed E-state index contributed by atoms with van der Waals surface area (Å²) in [7, 11) is -3.84. The molecule has 0 radical (unpaired) electrons. The van der Waals surface area contributed by atoms with Crippen LogP contribution in [0.25, 0.3) is 0 Å². The molecule has 0 saturated heterocycles. The van der Waals surface area contributed by atoms with Gasteiger partial charge in [0.2, 0.25) is 27.0 Å². The third-order valence-corrected chi connectivity index (χ3v) is 6.90. The fourth-order valence-electron chi connectivity index (χ4n) is 2.97. The molecule has 0 aliphatic heterocycles. The molecule has 0 spiro atoms. The van der Waals surface area contributed by atoms with Crippen LogP contribution in [-0.2, 0) is 31.8 Å². The molecule has 1 aromatic heterocycles. The normalized spacial score (nSPS) is 13.1. The van der Waals surface area contributed by atoms with E-state index in [4.69, 9.17) is 12.2 Å². The molecule has 12 heteroatoms. The van der Waals surface area contributed by atoms with Gasteiger partial charge in [0.15, 0.2) is 3.95 Å². The van der Waals surface area contributed by atoms with Crippen molar-refractivity contribution in [1.29, 1.82) is 0 Å². The fraction of sp³-hybridized carbons (Fsp3) is 0.238. The molecule has 3 rings (SSSR count). The SMILES string of the molecule is CC(NC(=O)C(Cc1ccccc1)NS(=O)(=O)Cc1ccccc1)C(=O)Nc1n[nH]c(=S)s1. The van der Waals surface area contributed by atoms with Gasteiger partial charge in [-0.15, -0.1) is 5.10 Å². The number of rotatable bonds is 10. The summed E-state index contributed by atoms with van der Waals surface area (Å²) in [5.74, 6) is -1.40. The van der Waals surface area contributed by atoms with Gasteiger partial charge < -0.3 is 5.32 Å². The number of anilines is 1. The molecule has 0 aliphatic rings. The van der Waals surface area contributed by atoms with Gasteiger partial charge in [-0.05, 0) is 36.7 Å². The number of aromatic nitrogens is 2. The Morgan fingerprint density at radius 2 is 1.64 bits per heavy atom. The van der Waals surface area contributed by atoms with E-state index < -0.39 is 33.9 Å². The van der Waals surface area contributed by atoms with Gasteiger partial charge in [-0.1, -0.05) is 72.0 Å². The standard InChI is InChI=1S/C21H23N5O4S3/c1-14(18(27)23-20-24-25-21(31)32-20)22-19(28)17(12-15-8-4-2-5-9-15)26-33(29,30)13-16-10-6-3-7-11-16/h2-11,14,17,26H,12-13H2,1H3,(H,22,28)(H,25,31)(H,23,24,27). The maximum absolute atomic E-state index is 13.0. The zero-order valence-electron chi connectivity index (χ0n) is 17.6. The third-order valence-electron chi connectivity index (χ3n) is 4.54. The highest BCUT2D eigenvalue weighted by molar-refractivity contribution is 7.88. The molecule has 0 saturated carbocycles. The number of aromatic amines is 1. The van der Waals surface area contributed by atoms with Crippen molar-refractivity contribution >= 4 is 50.5 Å². The van der Waals surface area contributed by atoms with Crippen molar-refractivity contribution in [2.75, 3.05) is 5.32 Å². The van der Waals surface area contributed by atoms with Crippen LogP contribution < -0.4 is 15.4 Å². The second kappa shape index (κ2) is 11.3. The van der Waals surface area contributed by atoms with Crippen LogP contribution in [-0.4, -0.2) is 42.5 Å². The molecule has 174 valence electrons. The Balaban J connectivity index is 1.71. The molecule has 2 unspecified atom stereocenters. The van der Waals surface area contributed by atoms with E-state index in [1.807, 2.05) is 6.07 Å². The molecular formula is C21H23N5O4S3. The van der Waals surface area contributed by atoms with E-state index in [1.165, 1.54) is 6.92 Å². The monoisotopic (exact) mass is 505 g/mol. The van der Waals surface area contributed by atoms with Crippen molar-refractivity contribution in [3.05, 3.63) is 75.7 Å². The van der Waals surface area contributed by atoms with Crippen molar-refractivity contribution < 1.29 is 18.0 Å². The first-order valence-corrected chi connectivity index (χ1v) is 12.8. The number of carbonyl (C=O) groups excluding carboxylic acids is 2. The third kappa shape index (κ3) is 7.86. The molecule has 0 bridgehead atoms. The van der Waals surface area contributed by atoms with E-state index in [0.717, 1.165) is 16.9 Å². The highest BCUT2D eigenvalue weighted by Crippen LogP contribution is 2.12. The summed E-state index contributed by atoms with van der Waals surface area (Å²) in [5.41, 5.74) is 1.37. The van der Waals surface area contributed by atoms with Gasteiger partial charge >= 0.3 is 0 Å². The minimum absolute atomic E-state index is 0.121. The quantitative estimate of drug-likeness (QED) is 0.313. The largest absolute Gasteiger partial charge is 0.343 e. The second-order valence-electron chi connectivity index (χ2n) is 7.24. The van der Waals surface area contributed by atoms with Gasteiger partial charge in [0.25, 0.3) is 0 Å². The lowest BCUT2D eigenvalue weighted by Crippen LogP contribution is -2.52. The molecule has 2 atom stereocenters. The summed E-state index contributed by atoms with van der Waals surface area (Å²) < 4.78 is 28.4. The number of benzene rings is 2. The summed E-state index contributed by atoms with van der Waals surface area (Å²) in [4.78, 5) is 25.4. The van der Waals surface area contributed by atoms with E-state index >= 15 is 0 Å². The number of H-pyrrole nitrogens is 1. The van der Waals surface area contributed by atoms with Crippen molar-refractivity contribution in [3.8, 4) is 0 Å². The number of hydrogen-bond donors (Lipinski definition) is 4. The van der Waals surface area contributed by atoms with E-state index in [0.29, 0.717) is 9.52 Å². The zero-order valence-corrected chi connectivity index (χ0v) is 20.1. The summed E-state index contributed by atoms with van der Waals surface area (Å²) >= 11 is 6.01. The Kier molecular flexibility index (Phi) is 8.44. The Hall–Kier alpha value is -2.93. The molecule has 2 aromatic carbocycles. The van der Waals surface area contributed by atoms with Crippen LogP contribution in [0.15, 0.2) is 60.7 Å². The lowest BCUT2D eigenvalue weighted by molar-refractivity contribution is -0.127. The number of carbonyl (C=O) groups is 2. The van der Waals surface area contributed by atoms with E-state index in [9.17, 15) is 18.0 Å². The van der Waals surface area contributed by atoms with Crippen LogP contribution in [0.1, 0.15) is 18.1 Å². The average molecular weight is 506 g/mol. The molecule has 0 fully saturated rings. The topological polar surface area (TPSA) is 133 Å². The first kappa shape index (κ1) is 24.7. The smallest absolute Gasteiger partial charge is 0.248 e. The van der Waals surface area contributed by atoms with Gasteiger partial charge in [0, 0.05) is 0 Å². The molecule has 9 nitrogen and oxygen atoms in total. The molecule has 1 heterocycles. The first-order valence-electron chi connectivity index (χ1n) is 9.96. The number of sulfonamides is 1. The van der Waals surface area contributed by atoms with Crippen LogP contribution in [0.2, 0.25) is 0 Å². The molecule has 0 aliphatic carbocycles. The van der Waals surface area contributed by atoms with Crippen molar-refractivity contribution in [2.24, 2.45) is 0 Å². The summed E-state index contributed by atoms with van der Waals surface area (Å²) in [6.45, 7) is 1.50. The number of nitrogens with zero attached hydrogens (tertiary/aromatic N) is 1. The van der Waals surface area contributed by atoms with Crippen LogP contribution in [0, 0.1) is 3.95 Å². The van der Waals surface area contributed by atoms with Crippen molar-refractivity contribution in [2.45, 2.75) is 31.2 Å². The highest BCUT2D eigenvalue weighted by atomic mass is 32.2. The van der Waals surface area contributed by atoms with Gasteiger partial charge in [0.05, 0.1) is 5.75 Å². The number of nitrogens with one attached hydrogen (secondary N) is 4. The fourth-order valence-corrected chi connectivity index (χ4v) is 5.10. The van der Waals surface area contributed by atoms with Crippen LogP contribution in [0.5, 0.6) is 0 Å². The lowest BCUT2D eigenvalue weighted by Gasteiger charge is -2.21. The van der Waals surface area contributed by atoms with E-state index in [1.54, 1.807) is 54.6 Å². The summed E-state index contributed by atoms with van der Waals surface area (Å²) in [5, 5.41) is 11.8. The Morgan fingerprint density at radius 3 is 2.21 bits per heavy atom. The van der Waals surface area contributed by atoms with Crippen LogP contribution in [0.4, 0.5) is 5.13 Å². The predicted molar refractivity (Wildman–Crippen MR) is 130 cm³/mol. The maximum Gasteiger partial charge on any atom is 0.248 e. The zero-order chi connectivity index (χ0) is 23.8. The van der Waals surface area contributed by atoms with Gasteiger partial charge in [-0.3, -0.25) is 20.0 Å².